The van der Waals surface area contributed by atoms with E-state index in [-0.39, 0.29) is 17.0 Å². The number of carbonyl (C=O) groups excluding carboxylic acids is 1. The van der Waals surface area contributed by atoms with Crippen LogP contribution in [0.3, 0.4) is 0 Å². The number of benzene rings is 2. The van der Waals surface area contributed by atoms with Crippen LogP contribution in [0.25, 0.3) is 5.69 Å². The van der Waals surface area contributed by atoms with E-state index in [4.69, 9.17) is 5.73 Å². The van der Waals surface area contributed by atoms with Crippen molar-refractivity contribution in [2.75, 3.05) is 5.73 Å². The Labute approximate surface area is 169 Å². The molecule has 0 spiro atoms. The number of hydrogen-bond donors (Lipinski definition) is 3. The first-order valence-electron chi connectivity index (χ1n) is 8.77. The number of carbonyl (C=O) groups is 1. The van der Waals surface area contributed by atoms with Gasteiger partial charge in [-0.05, 0) is 62.4 Å². The van der Waals surface area contributed by atoms with Gasteiger partial charge in [-0.3, -0.25) is 14.7 Å². The molecule has 0 aliphatic rings. The molecule has 0 aliphatic heterocycles. The number of hydrazone groups is 1. The zero-order valence-corrected chi connectivity index (χ0v) is 16.0. The van der Waals surface area contributed by atoms with Crippen molar-refractivity contribution in [1.82, 2.24) is 15.2 Å². The highest BCUT2D eigenvalue weighted by molar-refractivity contribution is 6.01. The summed E-state index contributed by atoms with van der Waals surface area (Å²) in [4.78, 5) is 24.9. The number of rotatable bonds is 4. The summed E-state index contributed by atoms with van der Waals surface area (Å²) in [5, 5.41) is 6.78. The van der Waals surface area contributed by atoms with Crippen molar-refractivity contribution in [3.63, 3.8) is 0 Å². The van der Waals surface area contributed by atoms with Gasteiger partial charge in [0, 0.05) is 16.9 Å². The molecule has 1 heterocycles. The van der Waals surface area contributed by atoms with Crippen molar-refractivity contribution in [3.8, 4) is 5.69 Å². The lowest BCUT2D eigenvalue weighted by Gasteiger charge is -2.07. The standard InChI is InChI=1S/C20H18F3N5O2/c1-11(25-26-18(29)13-3-7-15(24)8-4-13)17-12(2)27-28(19(17)30)16-9-5-14(6-10-16)20(21,22)23/h3-10,27H,24H2,1-2H3,(H,26,29). The number of amides is 1. The number of anilines is 1. The third kappa shape index (κ3) is 4.27. The molecule has 7 nitrogen and oxygen atoms in total. The number of alkyl halides is 3. The van der Waals surface area contributed by atoms with Gasteiger partial charge in [0.1, 0.15) is 0 Å². The minimum Gasteiger partial charge on any atom is -0.399 e. The number of nitrogens with zero attached hydrogens (tertiary/aromatic N) is 2. The van der Waals surface area contributed by atoms with Crippen LogP contribution >= 0.6 is 0 Å². The minimum atomic E-state index is -4.47. The zero-order chi connectivity index (χ0) is 22.1. The third-order valence-electron chi connectivity index (χ3n) is 4.38. The average Bonchev–Trinajstić information content (AvgIpc) is 3.00. The van der Waals surface area contributed by atoms with Gasteiger partial charge in [0.2, 0.25) is 0 Å². The highest BCUT2D eigenvalue weighted by atomic mass is 19.4. The van der Waals surface area contributed by atoms with E-state index in [0.717, 1.165) is 16.8 Å². The van der Waals surface area contributed by atoms with Gasteiger partial charge in [0.15, 0.2) is 0 Å². The Balaban J connectivity index is 1.85. The molecule has 0 bridgehead atoms. The number of hydrogen-bond acceptors (Lipinski definition) is 4. The van der Waals surface area contributed by atoms with E-state index in [0.29, 0.717) is 16.9 Å². The summed E-state index contributed by atoms with van der Waals surface area (Å²) >= 11 is 0. The summed E-state index contributed by atoms with van der Waals surface area (Å²) in [7, 11) is 0. The number of aromatic amines is 1. The van der Waals surface area contributed by atoms with E-state index in [1.165, 1.54) is 31.2 Å². The summed E-state index contributed by atoms with van der Waals surface area (Å²) in [5.41, 5.74) is 8.61. The number of aromatic nitrogens is 2. The molecule has 0 saturated heterocycles. The first kappa shape index (κ1) is 20.9. The van der Waals surface area contributed by atoms with Crippen molar-refractivity contribution in [3.05, 3.63) is 81.3 Å². The van der Waals surface area contributed by atoms with Crippen LogP contribution in [0.15, 0.2) is 58.4 Å². The van der Waals surface area contributed by atoms with E-state index < -0.39 is 23.2 Å². The average molecular weight is 417 g/mol. The second-order valence-electron chi connectivity index (χ2n) is 6.56. The normalized spacial score (nSPS) is 12.1. The molecule has 0 radical (unpaired) electrons. The lowest BCUT2D eigenvalue weighted by atomic mass is 10.2. The van der Waals surface area contributed by atoms with Gasteiger partial charge in [-0.15, -0.1) is 0 Å². The van der Waals surface area contributed by atoms with E-state index in [2.05, 4.69) is 15.6 Å². The SMILES string of the molecule is CC(=NNC(=O)c1ccc(N)cc1)c1c(C)[nH]n(-c2ccc(C(F)(F)F)cc2)c1=O. The Hall–Kier alpha value is -3.82. The number of aryl methyl sites for hydroxylation is 1. The van der Waals surface area contributed by atoms with Crippen LogP contribution in [-0.4, -0.2) is 21.4 Å². The quantitative estimate of drug-likeness (QED) is 0.345. The van der Waals surface area contributed by atoms with Crippen LogP contribution in [0, 0.1) is 6.92 Å². The van der Waals surface area contributed by atoms with Crippen molar-refractivity contribution in [2.45, 2.75) is 20.0 Å². The number of nitrogens with two attached hydrogens (primary N) is 1. The van der Waals surface area contributed by atoms with Crippen LogP contribution < -0.4 is 16.7 Å². The highest BCUT2D eigenvalue weighted by Crippen LogP contribution is 2.29. The molecule has 30 heavy (non-hydrogen) atoms. The van der Waals surface area contributed by atoms with Crippen LogP contribution in [0.5, 0.6) is 0 Å². The van der Waals surface area contributed by atoms with E-state index in [1.54, 1.807) is 19.1 Å². The zero-order valence-electron chi connectivity index (χ0n) is 16.0. The van der Waals surface area contributed by atoms with Crippen molar-refractivity contribution in [2.24, 2.45) is 5.10 Å². The van der Waals surface area contributed by atoms with Gasteiger partial charge in [-0.2, -0.15) is 18.3 Å². The Morgan fingerprint density at radius 1 is 1.10 bits per heavy atom. The summed E-state index contributed by atoms with van der Waals surface area (Å²) < 4.78 is 39.3. The molecule has 0 saturated carbocycles. The summed E-state index contributed by atoms with van der Waals surface area (Å²) in [6.45, 7) is 3.16. The van der Waals surface area contributed by atoms with Gasteiger partial charge in [0.25, 0.3) is 11.5 Å². The minimum absolute atomic E-state index is 0.201. The van der Waals surface area contributed by atoms with Crippen molar-refractivity contribution in [1.29, 1.82) is 0 Å². The highest BCUT2D eigenvalue weighted by Gasteiger charge is 2.30. The molecule has 0 fully saturated rings. The van der Waals surface area contributed by atoms with Gasteiger partial charge >= 0.3 is 6.18 Å². The lowest BCUT2D eigenvalue weighted by molar-refractivity contribution is -0.137. The first-order valence-corrected chi connectivity index (χ1v) is 8.77. The van der Waals surface area contributed by atoms with Gasteiger partial charge < -0.3 is 5.73 Å². The Kier molecular flexibility index (Phi) is 5.50. The topological polar surface area (TPSA) is 105 Å². The van der Waals surface area contributed by atoms with Crippen LogP contribution in [0.2, 0.25) is 0 Å². The van der Waals surface area contributed by atoms with E-state index in [9.17, 15) is 22.8 Å². The molecule has 3 aromatic rings. The molecule has 3 rings (SSSR count). The maximum Gasteiger partial charge on any atom is 0.416 e. The van der Waals surface area contributed by atoms with E-state index in [1.807, 2.05) is 0 Å². The fourth-order valence-electron chi connectivity index (χ4n) is 2.84. The molecule has 10 heteroatoms. The molecule has 1 aromatic heterocycles. The number of H-pyrrole nitrogens is 1. The summed E-state index contributed by atoms with van der Waals surface area (Å²) in [6, 6.07) is 10.4. The van der Waals surface area contributed by atoms with Crippen molar-refractivity contribution >= 4 is 17.3 Å². The van der Waals surface area contributed by atoms with Gasteiger partial charge in [-0.1, -0.05) is 0 Å². The second-order valence-corrected chi connectivity index (χ2v) is 6.56. The molecule has 0 aliphatic carbocycles. The predicted molar refractivity (Wildman–Crippen MR) is 107 cm³/mol. The molecule has 1 amide bonds. The molecule has 0 unspecified atom stereocenters. The molecular weight excluding hydrogens is 399 g/mol. The van der Waals surface area contributed by atoms with Gasteiger partial charge in [-0.25, -0.2) is 10.1 Å². The molecule has 0 atom stereocenters. The number of nitrogens with one attached hydrogen (secondary N) is 2. The fourth-order valence-corrected chi connectivity index (χ4v) is 2.84. The Morgan fingerprint density at radius 2 is 1.70 bits per heavy atom. The Bertz CT molecular complexity index is 1160. The lowest BCUT2D eigenvalue weighted by Crippen LogP contribution is -2.23. The molecular formula is C20H18F3N5O2. The maximum atomic E-state index is 12.8. The van der Waals surface area contributed by atoms with Gasteiger partial charge in [0.05, 0.1) is 22.5 Å². The van der Waals surface area contributed by atoms with Crippen LogP contribution in [0.1, 0.15) is 34.1 Å². The molecule has 2 aromatic carbocycles. The number of halogens is 3. The van der Waals surface area contributed by atoms with Crippen LogP contribution in [0.4, 0.5) is 18.9 Å². The number of nitrogen functional groups attached to an aromatic ring is 1. The predicted octanol–water partition coefficient (Wildman–Crippen LogP) is 3.23. The van der Waals surface area contributed by atoms with Crippen molar-refractivity contribution < 1.29 is 18.0 Å². The monoisotopic (exact) mass is 417 g/mol. The third-order valence-corrected chi connectivity index (χ3v) is 4.38. The Morgan fingerprint density at radius 3 is 2.27 bits per heavy atom. The second kappa shape index (κ2) is 7.90. The van der Waals surface area contributed by atoms with Crippen LogP contribution in [-0.2, 0) is 6.18 Å². The molecule has 156 valence electrons. The fraction of sp³-hybridized carbons (Fsp3) is 0.150. The maximum absolute atomic E-state index is 12.8. The van der Waals surface area contributed by atoms with E-state index >= 15 is 0 Å². The smallest absolute Gasteiger partial charge is 0.399 e. The summed E-state index contributed by atoms with van der Waals surface area (Å²) in [5.74, 6) is -0.481. The largest absolute Gasteiger partial charge is 0.416 e. The molecule has 4 N–H and O–H groups in total. The summed E-state index contributed by atoms with van der Waals surface area (Å²) in [6.07, 6.45) is -4.47. The first-order chi connectivity index (χ1) is 14.1.